The molecule has 0 spiro atoms. The second-order valence-corrected chi connectivity index (χ2v) is 7.70. The van der Waals surface area contributed by atoms with Gasteiger partial charge in [0.15, 0.2) is 7.05 Å². The van der Waals surface area contributed by atoms with Crippen LogP contribution in [0.3, 0.4) is 0 Å². The lowest BCUT2D eigenvalue weighted by Gasteiger charge is -2.32. The number of nitro groups is 2. The number of piperidine rings is 1. The Morgan fingerprint density at radius 3 is 2.10 bits per heavy atom. The zero-order valence-electron chi connectivity index (χ0n) is 17.8. The molecule has 2 aromatic rings. The highest BCUT2D eigenvalue weighted by Crippen LogP contribution is 2.29. The molecule has 1 aliphatic heterocycles. The molecule has 1 fully saturated rings. The van der Waals surface area contributed by atoms with E-state index in [1.165, 1.54) is 11.1 Å². The van der Waals surface area contributed by atoms with E-state index in [0.29, 0.717) is 5.92 Å². The van der Waals surface area contributed by atoms with Crippen molar-refractivity contribution in [3.8, 4) is 0 Å². The van der Waals surface area contributed by atoms with Gasteiger partial charge in [-0.2, -0.15) is 0 Å². The predicted molar refractivity (Wildman–Crippen MR) is 124 cm³/mol. The minimum Gasteiger partial charge on any atom is -0.303 e. The van der Waals surface area contributed by atoms with Gasteiger partial charge >= 0.3 is 0 Å². The Hall–Kier alpha value is -2.32. The quantitative estimate of drug-likeness (QED) is 0.405. The van der Waals surface area contributed by atoms with Gasteiger partial charge in [0.25, 0.3) is 5.69 Å². The summed E-state index contributed by atoms with van der Waals surface area (Å²) in [5.74, 6) is 0.521. The molecule has 0 amide bonds. The van der Waals surface area contributed by atoms with Gasteiger partial charge in [-0.05, 0) is 61.5 Å². The summed E-state index contributed by atoms with van der Waals surface area (Å²) in [6.07, 6.45) is 3.31. The number of likely N-dealkylation sites (tertiary alicyclic amines) is 1. The number of nitrogens with zero attached hydrogens (tertiary/aromatic N) is 3. The van der Waals surface area contributed by atoms with Gasteiger partial charge in [-0.25, -0.2) is 0 Å². The number of nitro benzene ring substituents is 1. The van der Waals surface area contributed by atoms with E-state index < -0.39 is 4.92 Å². The second kappa shape index (κ2) is 13.8. The molecule has 0 unspecified atom stereocenters. The summed E-state index contributed by atoms with van der Waals surface area (Å²) in [6.45, 7) is 7.27. The van der Waals surface area contributed by atoms with Crippen molar-refractivity contribution < 1.29 is 9.85 Å². The van der Waals surface area contributed by atoms with Gasteiger partial charge in [0.05, 0.1) is 4.92 Å². The molecule has 8 heteroatoms. The van der Waals surface area contributed by atoms with Gasteiger partial charge in [-0.1, -0.05) is 54.0 Å². The van der Waals surface area contributed by atoms with Crippen LogP contribution < -0.4 is 0 Å². The average Bonchev–Trinajstić information content (AvgIpc) is 2.74. The van der Waals surface area contributed by atoms with Crippen LogP contribution in [0.5, 0.6) is 0 Å². The fraction of sp³-hybridized carbons (Fsp3) is 0.455. The van der Waals surface area contributed by atoms with Gasteiger partial charge in [0, 0.05) is 28.1 Å². The largest absolute Gasteiger partial charge is 0.303 e. The van der Waals surface area contributed by atoms with Crippen LogP contribution in [0.4, 0.5) is 5.69 Å². The van der Waals surface area contributed by atoms with Crippen molar-refractivity contribution in [2.24, 2.45) is 0 Å². The number of hydrogen-bond donors (Lipinski definition) is 0. The normalized spacial score (nSPS) is 14.0. The molecule has 0 bridgehead atoms. The number of non-ortho nitro benzene ring substituents is 1. The van der Waals surface area contributed by atoms with E-state index in [1.54, 1.807) is 12.1 Å². The second-order valence-electron chi connectivity index (χ2n) is 6.78. The monoisotopic (exact) mass is 479 g/mol. The molecule has 1 aliphatic rings. The van der Waals surface area contributed by atoms with E-state index in [2.05, 4.69) is 45.1 Å². The molecule has 0 atom stereocenters. The molecule has 0 aliphatic carbocycles. The third kappa shape index (κ3) is 9.45. The van der Waals surface area contributed by atoms with Crippen LogP contribution in [0.1, 0.15) is 43.7 Å². The van der Waals surface area contributed by atoms with Gasteiger partial charge in [0.1, 0.15) is 0 Å². The van der Waals surface area contributed by atoms with Crippen LogP contribution in [0, 0.1) is 20.2 Å². The van der Waals surface area contributed by atoms with Gasteiger partial charge < -0.3 is 4.90 Å². The Bertz CT molecular complexity index is 787. The van der Waals surface area contributed by atoms with Crippen molar-refractivity contribution in [2.45, 2.75) is 39.0 Å². The highest BCUT2D eigenvalue weighted by atomic mass is 79.9. The molecule has 0 N–H and O–H groups in total. The van der Waals surface area contributed by atoms with E-state index in [4.69, 9.17) is 10.1 Å². The first kappa shape index (κ1) is 25.7. The molecule has 2 aromatic carbocycles. The Balaban J connectivity index is 0.000000673. The number of benzene rings is 2. The van der Waals surface area contributed by atoms with Crippen molar-refractivity contribution in [3.63, 3.8) is 0 Å². The molecule has 7 nitrogen and oxygen atoms in total. The van der Waals surface area contributed by atoms with E-state index in [1.807, 2.05) is 26.0 Å². The SMILES string of the molecule is CC.C[N+](=O)[O-].O=[N+]([O-])c1ccc(C2CCN(CCc3cccc(Br)c3)CC2)cc1. The maximum atomic E-state index is 10.7. The molecular weight excluding hydrogens is 450 g/mol. The van der Waals surface area contributed by atoms with Crippen molar-refractivity contribution in [2.75, 3.05) is 26.7 Å². The fourth-order valence-corrected chi connectivity index (χ4v) is 3.78. The topological polar surface area (TPSA) is 89.5 Å². The fourth-order valence-electron chi connectivity index (χ4n) is 3.34. The molecule has 30 heavy (non-hydrogen) atoms. The minimum atomic E-state index is -0.500. The summed E-state index contributed by atoms with van der Waals surface area (Å²) in [7, 11) is 0.889. The van der Waals surface area contributed by atoms with Gasteiger partial charge in [-0.3, -0.25) is 20.2 Å². The number of halogens is 1. The van der Waals surface area contributed by atoms with Crippen LogP contribution in [-0.4, -0.2) is 41.4 Å². The predicted octanol–water partition coefficient (Wildman–Crippen LogP) is 5.70. The standard InChI is InChI=1S/C19H21BrN2O2.C2H6.CH3NO2/c20-18-3-1-2-15(14-18)8-11-21-12-9-17(10-13-21)16-4-6-19(7-5-16)22(23)24;1-2;1-2(3)4/h1-7,14,17H,8-13H2;1-2H3;1H3. The third-order valence-corrected chi connectivity index (χ3v) is 5.26. The van der Waals surface area contributed by atoms with Gasteiger partial charge in [0.2, 0.25) is 0 Å². The Morgan fingerprint density at radius 1 is 1.03 bits per heavy atom. The van der Waals surface area contributed by atoms with Gasteiger partial charge in [-0.15, -0.1) is 0 Å². The smallest absolute Gasteiger partial charge is 0.269 e. The summed E-state index contributed by atoms with van der Waals surface area (Å²) < 4.78 is 1.14. The highest BCUT2D eigenvalue weighted by molar-refractivity contribution is 9.10. The van der Waals surface area contributed by atoms with E-state index in [-0.39, 0.29) is 10.6 Å². The molecular formula is C22H30BrN3O4. The molecule has 0 saturated carbocycles. The lowest BCUT2D eigenvalue weighted by molar-refractivity contribution is -0.445. The molecule has 0 radical (unpaired) electrons. The Morgan fingerprint density at radius 2 is 1.60 bits per heavy atom. The zero-order chi connectivity index (χ0) is 22.5. The number of hydrogen-bond acceptors (Lipinski definition) is 5. The first-order valence-electron chi connectivity index (χ1n) is 10.1. The van der Waals surface area contributed by atoms with E-state index in [9.17, 15) is 10.1 Å². The molecule has 1 heterocycles. The van der Waals surface area contributed by atoms with Crippen LogP contribution in [0.15, 0.2) is 53.0 Å². The average molecular weight is 480 g/mol. The lowest BCUT2D eigenvalue weighted by atomic mass is 9.89. The van der Waals surface area contributed by atoms with Crippen LogP contribution in [0.2, 0.25) is 0 Å². The Kier molecular flexibility index (Phi) is 11.8. The molecule has 164 valence electrons. The molecule has 1 saturated heterocycles. The third-order valence-electron chi connectivity index (χ3n) is 4.77. The first-order valence-corrected chi connectivity index (χ1v) is 10.9. The summed E-state index contributed by atoms with van der Waals surface area (Å²) >= 11 is 3.52. The van der Waals surface area contributed by atoms with Crippen LogP contribution >= 0.6 is 15.9 Å². The molecule has 0 aromatic heterocycles. The number of rotatable bonds is 5. The van der Waals surface area contributed by atoms with Crippen molar-refractivity contribution in [1.29, 1.82) is 0 Å². The van der Waals surface area contributed by atoms with Crippen molar-refractivity contribution in [3.05, 3.63) is 84.4 Å². The van der Waals surface area contributed by atoms with Crippen molar-refractivity contribution in [1.82, 2.24) is 4.90 Å². The summed E-state index contributed by atoms with van der Waals surface area (Å²) in [5.41, 5.74) is 2.76. The maximum absolute atomic E-state index is 10.7. The van der Waals surface area contributed by atoms with E-state index >= 15 is 0 Å². The maximum Gasteiger partial charge on any atom is 0.269 e. The van der Waals surface area contributed by atoms with E-state index in [0.717, 1.165) is 50.4 Å². The van der Waals surface area contributed by atoms with Crippen molar-refractivity contribution >= 4 is 21.6 Å². The Labute approximate surface area is 186 Å². The first-order chi connectivity index (χ1) is 14.3. The summed E-state index contributed by atoms with van der Waals surface area (Å²) in [6, 6.07) is 15.6. The zero-order valence-corrected chi connectivity index (χ0v) is 19.4. The lowest BCUT2D eigenvalue weighted by Crippen LogP contribution is -2.34. The highest BCUT2D eigenvalue weighted by Gasteiger charge is 2.20. The minimum absolute atomic E-state index is 0.171. The molecule has 3 rings (SSSR count). The van der Waals surface area contributed by atoms with Crippen LogP contribution in [-0.2, 0) is 6.42 Å². The summed E-state index contributed by atoms with van der Waals surface area (Å²) in [5, 5.41) is 19.5. The van der Waals surface area contributed by atoms with Crippen LogP contribution in [0.25, 0.3) is 0 Å². The summed E-state index contributed by atoms with van der Waals surface area (Å²) in [4.78, 5) is 21.2.